The van der Waals surface area contributed by atoms with E-state index in [0.717, 1.165) is 15.2 Å². The largest absolute Gasteiger partial charge is 0.426 e. The topological polar surface area (TPSA) is 55.4 Å². The fraction of sp³-hybridized carbons (Fsp3) is 0.333. The Morgan fingerprint density at radius 3 is 2.43 bits per heavy atom. The van der Waals surface area contributed by atoms with Gasteiger partial charge < -0.3 is 10.1 Å². The van der Waals surface area contributed by atoms with Gasteiger partial charge in [0.25, 0.3) is 0 Å². The van der Waals surface area contributed by atoms with Crippen LogP contribution >= 0.6 is 15.9 Å². The van der Waals surface area contributed by atoms with E-state index >= 15 is 0 Å². The summed E-state index contributed by atoms with van der Waals surface area (Å²) in [5.74, 6) is 0.0595. The third kappa shape index (κ3) is 5.06. The Kier molecular flexibility index (Phi) is 5.42. The molecule has 1 amide bonds. The van der Waals surface area contributed by atoms with Crippen molar-refractivity contribution in [1.29, 1.82) is 0 Å². The summed E-state index contributed by atoms with van der Waals surface area (Å²) in [7, 11) is 0. The van der Waals surface area contributed by atoms with Gasteiger partial charge >= 0.3 is 5.97 Å². The summed E-state index contributed by atoms with van der Waals surface area (Å²) in [6, 6.07) is 11.4. The Morgan fingerprint density at radius 2 is 1.74 bits per heavy atom. The molecule has 0 atom stereocenters. The van der Waals surface area contributed by atoms with E-state index in [1.165, 1.54) is 0 Å². The van der Waals surface area contributed by atoms with Crippen molar-refractivity contribution >= 4 is 38.6 Å². The predicted molar refractivity (Wildman–Crippen MR) is 94.4 cm³/mol. The van der Waals surface area contributed by atoms with Gasteiger partial charge in [-0.2, -0.15) is 0 Å². The third-order valence-electron chi connectivity index (χ3n) is 3.30. The van der Waals surface area contributed by atoms with Crippen LogP contribution in [-0.2, 0) is 9.59 Å². The first-order valence-electron chi connectivity index (χ1n) is 7.44. The molecule has 0 aliphatic carbocycles. The van der Waals surface area contributed by atoms with Gasteiger partial charge in [-0.1, -0.05) is 48.8 Å². The fourth-order valence-electron chi connectivity index (χ4n) is 1.98. The third-order valence-corrected chi connectivity index (χ3v) is 3.79. The number of amides is 1. The maximum atomic E-state index is 11.9. The van der Waals surface area contributed by atoms with Gasteiger partial charge in [0.2, 0.25) is 5.91 Å². The van der Waals surface area contributed by atoms with Crippen LogP contribution in [0.15, 0.2) is 40.9 Å². The van der Waals surface area contributed by atoms with E-state index in [1.807, 2.05) is 51.1 Å². The molecule has 0 heterocycles. The second kappa shape index (κ2) is 7.13. The number of ether oxygens (including phenoxy) is 1. The summed E-state index contributed by atoms with van der Waals surface area (Å²) in [5.41, 5.74) is -0.462. The number of hydrogen-bond donors (Lipinski definition) is 1. The molecule has 0 saturated carbocycles. The number of carbonyl (C=O) groups is 2. The first kappa shape index (κ1) is 17.5. The van der Waals surface area contributed by atoms with E-state index in [4.69, 9.17) is 4.74 Å². The van der Waals surface area contributed by atoms with Gasteiger partial charge in [0.05, 0.1) is 6.42 Å². The molecule has 0 spiro atoms. The molecule has 0 aliphatic rings. The molecule has 0 unspecified atom stereocenters. The lowest BCUT2D eigenvalue weighted by Gasteiger charge is -2.17. The quantitative estimate of drug-likeness (QED) is 0.645. The van der Waals surface area contributed by atoms with Crippen molar-refractivity contribution < 1.29 is 14.3 Å². The van der Waals surface area contributed by atoms with Crippen molar-refractivity contribution in [2.75, 3.05) is 6.54 Å². The van der Waals surface area contributed by atoms with E-state index < -0.39 is 5.41 Å². The van der Waals surface area contributed by atoms with Crippen molar-refractivity contribution in [3.63, 3.8) is 0 Å². The maximum Gasteiger partial charge on any atom is 0.312 e. The molecule has 2 aromatic carbocycles. The van der Waals surface area contributed by atoms with Crippen molar-refractivity contribution in [2.24, 2.45) is 5.41 Å². The van der Waals surface area contributed by atoms with Crippen LogP contribution in [0, 0.1) is 5.41 Å². The summed E-state index contributed by atoms with van der Waals surface area (Å²) >= 11 is 3.43. The van der Waals surface area contributed by atoms with E-state index in [9.17, 15) is 9.59 Å². The zero-order chi connectivity index (χ0) is 17.0. The number of hydrogen-bond acceptors (Lipinski definition) is 3. The Morgan fingerprint density at radius 1 is 1.09 bits per heavy atom. The van der Waals surface area contributed by atoms with E-state index in [-0.39, 0.29) is 24.8 Å². The van der Waals surface area contributed by atoms with Gasteiger partial charge in [0.1, 0.15) is 5.75 Å². The van der Waals surface area contributed by atoms with Gasteiger partial charge in [-0.05, 0) is 35.0 Å². The normalized spacial score (nSPS) is 11.3. The molecule has 2 rings (SSSR count). The first-order valence-corrected chi connectivity index (χ1v) is 8.23. The summed E-state index contributed by atoms with van der Waals surface area (Å²) in [5, 5.41) is 4.80. The van der Waals surface area contributed by atoms with E-state index in [2.05, 4.69) is 21.2 Å². The summed E-state index contributed by atoms with van der Waals surface area (Å²) in [4.78, 5) is 23.6. The molecule has 0 radical (unpaired) electrons. The molecule has 1 N–H and O–H groups in total. The van der Waals surface area contributed by atoms with Crippen LogP contribution in [0.5, 0.6) is 5.75 Å². The van der Waals surface area contributed by atoms with Gasteiger partial charge in [-0.25, -0.2) is 0 Å². The molecule has 0 saturated heterocycles. The minimum atomic E-state index is -0.462. The lowest BCUT2D eigenvalue weighted by molar-refractivity contribution is -0.134. The van der Waals surface area contributed by atoms with Crippen LogP contribution in [0.1, 0.15) is 27.2 Å². The van der Waals surface area contributed by atoms with E-state index in [0.29, 0.717) is 5.75 Å². The Bertz CT molecular complexity index is 735. The Balaban J connectivity index is 1.90. The number of fused-ring (bicyclic) bond motifs is 1. The van der Waals surface area contributed by atoms with Crippen LogP contribution in [0.4, 0.5) is 0 Å². The lowest BCUT2D eigenvalue weighted by atomic mass is 9.96. The van der Waals surface area contributed by atoms with Crippen LogP contribution in [0.3, 0.4) is 0 Å². The minimum Gasteiger partial charge on any atom is -0.426 e. The van der Waals surface area contributed by atoms with E-state index in [1.54, 1.807) is 6.07 Å². The van der Waals surface area contributed by atoms with Crippen molar-refractivity contribution in [2.45, 2.75) is 27.2 Å². The average molecular weight is 378 g/mol. The molecule has 4 nitrogen and oxygen atoms in total. The standard InChI is InChI=1S/C18H20BrNO3/c1-18(2,3)17(22)20-9-8-16(21)23-15-7-5-12-10-14(19)6-4-13(12)11-15/h4-7,10-11H,8-9H2,1-3H3,(H,20,22). The molecule has 0 aliphatic heterocycles. The lowest BCUT2D eigenvalue weighted by Crippen LogP contribution is -2.36. The van der Waals surface area contributed by atoms with Gasteiger partial charge in [-0.3, -0.25) is 9.59 Å². The number of benzene rings is 2. The second-order valence-electron chi connectivity index (χ2n) is 6.38. The van der Waals surface area contributed by atoms with Crippen molar-refractivity contribution in [3.8, 4) is 5.75 Å². The van der Waals surface area contributed by atoms with Crippen LogP contribution < -0.4 is 10.1 Å². The Hall–Kier alpha value is -1.88. The first-order chi connectivity index (χ1) is 10.8. The van der Waals surface area contributed by atoms with Crippen LogP contribution in [0.25, 0.3) is 10.8 Å². The van der Waals surface area contributed by atoms with Crippen LogP contribution in [0.2, 0.25) is 0 Å². The number of nitrogens with one attached hydrogen (secondary N) is 1. The zero-order valence-corrected chi connectivity index (χ0v) is 15.1. The molecule has 0 aromatic heterocycles. The molecule has 5 heteroatoms. The summed E-state index contributed by atoms with van der Waals surface area (Å²) in [6.45, 7) is 5.76. The van der Waals surface area contributed by atoms with Gasteiger partial charge in [-0.15, -0.1) is 0 Å². The number of rotatable bonds is 4. The second-order valence-corrected chi connectivity index (χ2v) is 7.30. The molecular weight excluding hydrogens is 358 g/mol. The predicted octanol–water partition coefficient (Wildman–Crippen LogP) is 4.06. The number of halogens is 1. The highest BCUT2D eigenvalue weighted by Gasteiger charge is 2.20. The zero-order valence-electron chi connectivity index (χ0n) is 13.5. The number of esters is 1. The monoisotopic (exact) mass is 377 g/mol. The molecule has 2 aromatic rings. The average Bonchev–Trinajstić information content (AvgIpc) is 2.46. The van der Waals surface area contributed by atoms with Crippen LogP contribution in [-0.4, -0.2) is 18.4 Å². The fourth-order valence-corrected chi connectivity index (χ4v) is 2.36. The SMILES string of the molecule is CC(C)(C)C(=O)NCCC(=O)Oc1ccc2cc(Br)ccc2c1. The number of carbonyl (C=O) groups excluding carboxylic acids is 2. The van der Waals surface area contributed by atoms with Crippen molar-refractivity contribution in [1.82, 2.24) is 5.32 Å². The maximum absolute atomic E-state index is 11.9. The highest BCUT2D eigenvalue weighted by atomic mass is 79.9. The minimum absolute atomic E-state index is 0.0819. The highest BCUT2D eigenvalue weighted by molar-refractivity contribution is 9.10. The van der Waals surface area contributed by atoms with Gasteiger partial charge in [0, 0.05) is 16.4 Å². The summed E-state index contributed by atoms with van der Waals surface area (Å²) in [6.07, 6.45) is 0.139. The Labute approximate surface area is 144 Å². The smallest absolute Gasteiger partial charge is 0.312 e. The molecule has 23 heavy (non-hydrogen) atoms. The molecule has 0 fully saturated rings. The summed E-state index contributed by atoms with van der Waals surface area (Å²) < 4.78 is 6.32. The van der Waals surface area contributed by atoms with Crippen molar-refractivity contribution in [3.05, 3.63) is 40.9 Å². The highest BCUT2D eigenvalue weighted by Crippen LogP contribution is 2.24. The molecule has 0 bridgehead atoms. The van der Waals surface area contributed by atoms with Gasteiger partial charge in [0.15, 0.2) is 0 Å². The molecular formula is C18H20BrNO3. The molecule has 122 valence electrons.